The average Bonchev–Trinajstić information content (AvgIpc) is 3.90. The Bertz CT molecular complexity index is 3330. The van der Waals surface area contributed by atoms with E-state index in [-0.39, 0.29) is 0 Å². The molecule has 0 saturated carbocycles. The van der Waals surface area contributed by atoms with Crippen molar-refractivity contribution in [3.63, 3.8) is 0 Å². The van der Waals surface area contributed by atoms with Crippen molar-refractivity contribution in [2.75, 3.05) is 0 Å². The van der Waals surface area contributed by atoms with Gasteiger partial charge in [0.05, 0.1) is 33.0 Å². The molecule has 0 radical (unpaired) electrons. The lowest BCUT2D eigenvalue weighted by molar-refractivity contribution is 0.653. The van der Waals surface area contributed by atoms with Crippen LogP contribution in [0.4, 0.5) is 0 Å². The molecule has 7 aromatic carbocycles. The maximum absolute atomic E-state index is 6.51. The highest BCUT2D eigenvalue weighted by molar-refractivity contribution is 6.36. The lowest BCUT2D eigenvalue weighted by Gasteiger charge is -2.12. The van der Waals surface area contributed by atoms with Gasteiger partial charge in [-0.1, -0.05) is 115 Å². The summed E-state index contributed by atoms with van der Waals surface area (Å²) in [6, 6.07) is 51.6. The number of benzene rings is 7. The molecule has 0 aliphatic heterocycles. The molecule has 5 nitrogen and oxygen atoms in total. The molecule has 0 amide bonds. The summed E-state index contributed by atoms with van der Waals surface area (Å²) in [5, 5.41) is 11.7. The Labute approximate surface area is 278 Å². The molecule has 0 spiro atoms. The highest BCUT2D eigenvalue weighted by atomic mass is 16.3. The molecule has 12 aromatic rings. The zero-order chi connectivity index (χ0) is 31.8. The van der Waals surface area contributed by atoms with Crippen LogP contribution >= 0.6 is 0 Å². The number of fused-ring (bicyclic) bond motifs is 15. The maximum atomic E-state index is 6.51. The zero-order valence-corrected chi connectivity index (χ0v) is 26.1. The average molecular weight is 625 g/mol. The first kappa shape index (κ1) is 25.4. The van der Waals surface area contributed by atoms with Crippen molar-refractivity contribution in [3.8, 4) is 17.2 Å². The third-order valence-corrected chi connectivity index (χ3v) is 10.4. The Morgan fingerprint density at radius 3 is 2.00 bits per heavy atom. The summed E-state index contributed by atoms with van der Waals surface area (Å²) in [5.41, 5.74) is 8.19. The van der Waals surface area contributed by atoms with Gasteiger partial charge in [0.15, 0.2) is 11.6 Å². The van der Waals surface area contributed by atoms with Crippen molar-refractivity contribution in [1.82, 2.24) is 18.9 Å². The van der Waals surface area contributed by atoms with Gasteiger partial charge >= 0.3 is 0 Å². The smallest absolute Gasteiger partial charge is 0.233 e. The van der Waals surface area contributed by atoms with E-state index >= 15 is 0 Å². The summed E-state index contributed by atoms with van der Waals surface area (Å²) in [4.78, 5) is 10.5. The van der Waals surface area contributed by atoms with Crippen LogP contribution in [0.1, 0.15) is 0 Å². The zero-order valence-electron chi connectivity index (χ0n) is 26.1. The fourth-order valence-corrected chi connectivity index (χ4v) is 8.48. The first-order valence-corrected chi connectivity index (χ1v) is 16.6. The van der Waals surface area contributed by atoms with E-state index in [1.54, 1.807) is 0 Å². The molecular formula is C44H24N4O. The summed E-state index contributed by atoms with van der Waals surface area (Å²) in [5.74, 6) is 1.44. The van der Waals surface area contributed by atoms with Gasteiger partial charge in [-0.2, -0.15) is 4.98 Å². The molecule has 0 bridgehead atoms. The molecule has 226 valence electrons. The monoisotopic (exact) mass is 624 g/mol. The van der Waals surface area contributed by atoms with Crippen molar-refractivity contribution in [1.29, 1.82) is 0 Å². The van der Waals surface area contributed by atoms with E-state index in [1.165, 1.54) is 59.6 Å². The molecule has 0 N–H and O–H groups in total. The van der Waals surface area contributed by atoms with Gasteiger partial charge in [-0.05, 0) is 41.1 Å². The third kappa shape index (κ3) is 3.15. The molecule has 0 aliphatic carbocycles. The van der Waals surface area contributed by atoms with Crippen molar-refractivity contribution < 1.29 is 4.42 Å². The molecule has 5 aromatic heterocycles. The molecule has 0 fully saturated rings. The Hall–Kier alpha value is -6.72. The number of rotatable bonds is 2. The van der Waals surface area contributed by atoms with Crippen LogP contribution in [0.2, 0.25) is 0 Å². The Kier molecular flexibility index (Phi) is 4.66. The highest BCUT2D eigenvalue weighted by Gasteiger charge is 2.27. The van der Waals surface area contributed by atoms with Crippen molar-refractivity contribution in [2.24, 2.45) is 0 Å². The van der Waals surface area contributed by atoms with Crippen LogP contribution < -0.4 is 0 Å². The van der Waals surface area contributed by atoms with E-state index in [2.05, 4.69) is 124 Å². The molecule has 5 heterocycles. The molecule has 49 heavy (non-hydrogen) atoms. The summed E-state index contributed by atoms with van der Waals surface area (Å²) in [6.45, 7) is 0. The number of furan rings is 1. The van der Waals surface area contributed by atoms with E-state index in [1.807, 2.05) is 30.3 Å². The second-order valence-electron chi connectivity index (χ2n) is 12.9. The number of hydrogen-bond donors (Lipinski definition) is 0. The van der Waals surface area contributed by atoms with Crippen LogP contribution in [0.25, 0.3) is 110 Å². The second-order valence-corrected chi connectivity index (χ2v) is 12.9. The van der Waals surface area contributed by atoms with E-state index in [0.29, 0.717) is 11.5 Å². The lowest BCUT2D eigenvalue weighted by atomic mass is 10.0. The first-order chi connectivity index (χ1) is 24.3. The Morgan fingerprint density at radius 1 is 0.449 bits per heavy atom. The minimum absolute atomic E-state index is 0.577. The molecule has 0 unspecified atom stereocenters. The van der Waals surface area contributed by atoms with E-state index in [9.17, 15) is 0 Å². The first-order valence-electron chi connectivity index (χ1n) is 16.6. The van der Waals surface area contributed by atoms with E-state index < -0.39 is 0 Å². The van der Waals surface area contributed by atoms with Gasteiger partial charge < -0.3 is 8.82 Å². The number of aromatic nitrogens is 4. The highest BCUT2D eigenvalue weighted by Crippen LogP contribution is 2.48. The van der Waals surface area contributed by atoms with Gasteiger partial charge in [-0.15, -0.1) is 0 Å². The van der Waals surface area contributed by atoms with Gasteiger partial charge in [0.1, 0.15) is 5.58 Å². The minimum Gasteiger partial charge on any atom is -0.437 e. The quantitative estimate of drug-likeness (QED) is 0.192. The summed E-state index contributed by atoms with van der Waals surface area (Å²) in [7, 11) is 0. The van der Waals surface area contributed by atoms with Crippen LogP contribution in [-0.2, 0) is 0 Å². The largest absolute Gasteiger partial charge is 0.437 e. The SMILES string of the molecule is c1ccc(-c2nc(-n3c4ccc5ccccc5c4c4cc5c6ccccc6n6c7ccccc7c(c43)c56)c3c(n2)oc2ccccc23)cc1. The van der Waals surface area contributed by atoms with E-state index in [4.69, 9.17) is 14.4 Å². The fraction of sp³-hybridized carbons (Fsp3) is 0. The van der Waals surface area contributed by atoms with Gasteiger partial charge in [0, 0.05) is 43.3 Å². The maximum Gasteiger partial charge on any atom is 0.233 e. The molecule has 12 rings (SSSR count). The number of para-hydroxylation sites is 3. The standard InChI is InChI=1S/C44H24N4O/c1-2-13-26(14-3-1)42-45-43(39-30-18-8-11-21-36(30)49-44(39)46-42)48-35-23-22-25-12-4-5-15-27(25)37(35)32-24-31-28-16-6-9-19-33(28)47-34-20-10-7-17-29(34)38(40(31)47)41(32)48/h1-24H. The molecule has 0 atom stereocenters. The van der Waals surface area contributed by atoms with Crippen molar-refractivity contribution >= 4 is 92.7 Å². The lowest BCUT2D eigenvalue weighted by Crippen LogP contribution is -2.02. The van der Waals surface area contributed by atoms with Crippen LogP contribution in [0.3, 0.4) is 0 Å². The predicted octanol–water partition coefficient (Wildman–Crippen LogP) is 11.4. The van der Waals surface area contributed by atoms with Gasteiger partial charge in [-0.3, -0.25) is 4.57 Å². The number of nitrogens with zero attached hydrogens (tertiary/aromatic N) is 4. The summed E-state index contributed by atoms with van der Waals surface area (Å²) >= 11 is 0. The third-order valence-electron chi connectivity index (χ3n) is 10.4. The summed E-state index contributed by atoms with van der Waals surface area (Å²) < 4.78 is 11.4. The van der Waals surface area contributed by atoms with Crippen molar-refractivity contribution in [3.05, 3.63) is 146 Å². The predicted molar refractivity (Wildman–Crippen MR) is 201 cm³/mol. The summed E-state index contributed by atoms with van der Waals surface area (Å²) in [6.07, 6.45) is 0. The minimum atomic E-state index is 0.577. The molecule has 0 saturated heterocycles. The van der Waals surface area contributed by atoms with Gasteiger partial charge in [0.2, 0.25) is 5.71 Å². The van der Waals surface area contributed by atoms with Crippen LogP contribution in [-0.4, -0.2) is 18.9 Å². The van der Waals surface area contributed by atoms with E-state index in [0.717, 1.165) is 38.8 Å². The van der Waals surface area contributed by atoms with Crippen LogP contribution in [0, 0.1) is 0 Å². The topological polar surface area (TPSA) is 48.3 Å². The molecule has 5 heteroatoms. The second kappa shape index (κ2) is 9.00. The van der Waals surface area contributed by atoms with Gasteiger partial charge in [0.25, 0.3) is 0 Å². The molecular weight excluding hydrogens is 601 g/mol. The van der Waals surface area contributed by atoms with Crippen LogP contribution in [0.5, 0.6) is 0 Å². The molecule has 0 aliphatic rings. The van der Waals surface area contributed by atoms with Crippen molar-refractivity contribution in [2.45, 2.75) is 0 Å². The van der Waals surface area contributed by atoms with Crippen LogP contribution in [0.15, 0.2) is 150 Å². The Morgan fingerprint density at radius 2 is 1.14 bits per heavy atom. The fourth-order valence-electron chi connectivity index (χ4n) is 8.48. The Balaban J connectivity index is 1.40. The van der Waals surface area contributed by atoms with Gasteiger partial charge in [-0.25, -0.2) is 4.98 Å². The normalized spacial score (nSPS) is 12.5. The number of hydrogen-bond acceptors (Lipinski definition) is 3.